The molecule has 0 fully saturated rings. The molecule has 5 heteroatoms. The SMILES string of the molecule is CC(CNC(=O)N(CC(=O)O)c1ccccc1)C(C)(C)C. The van der Waals surface area contributed by atoms with Gasteiger partial charge in [-0.15, -0.1) is 0 Å². The molecule has 0 aliphatic carbocycles. The highest BCUT2D eigenvalue weighted by atomic mass is 16.4. The van der Waals surface area contributed by atoms with E-state index in [1.807, 2.05) is 6.07 Å². The van der Waals surface area contributed by atoms with Crippen molar-refractivity contribution in [2.24, 2.45) is 11.3 Å². The van der Waals surface area contributed by atoms with Crippen LogP contribution in [0.25, 0.3) is 0 Å². The van der Waals surface area contributed by atoms with Gasteiger partial charge in [0.15, 0.2) is 0 Å². The fourth-order valence-electron chi connectivity index (χ4n) is 1.67. The lowest BCUT2D eigenvalue weighted by molar-refractivity contribution is -0.135. The van der Waals surface area contributed by atoms with Gasteiger partial charge in [-0.1, -0.05) is 45.9 Å². The molecular weight excluding hydrogens is 268 g/mol. The van der Waals surface area contributed by atoms with E-state index in [0.717, 1.165) is 0 Å². The van der Waals surface area contributed by atoms with E-state index in [2.05, 4.69) is 33.0 Å². The molecule has 0 heterocycles. The fraction of sp³-hybridized carbons (Fsp3) is 0.500. The lowest BCUT2D eigenvalue weighted by Gasteiger charge is -2.29. The summed E-state index contributed by atoms with van der Waals surface area (Å²) >= 11 is 0. The monoisotopic (exact) mass is 292 g/mol. The zero-order chi connectivity index (χ0) is 16.0. The van der Waals surface area contributed by atoms with E-state index in [1.54, 1.807) is 24.3 Å². The minimum absolute atomic E-state index is 0.0810. The van der Waals surface area contributed by atoms with Crippen LogP contribution >= 0.6 is 0 Å². The summed E-state index contributed by atoms with van der Waals surface area (Å²) in [5.41, 5.74) is 0.651. The van der Waals surface area contributed by atoms with Crippen LogP contribution in [0.5, 0.6) is 0 Å². The highest BCUT2D eigenvalue weighted by Crippen LogP contribution is 2.24. The van der Waals surface area contributed by atoms with Crippen LogP contribution in [0, 0.1) is 11.3 Å². The number of carbonyl (C=O) groups excluding carboxylic acids is 1. The number of aliphatic carboxylic acids is 1. The Morgan fingerprint density at radius 2 is 1.81 bits per heavy atom. The second kappa shape index (κ2) is 7.11. The number of hydrogen-bond donors (Lipinski definition) is 2. The number of anilines is 1. The molecule has 0 aromatic heterocycles. The number of benzene rings is 1. The van der Waals surface area contributed by atoms with Gasteiger partial charge in [0.25, 0.3) is 0 Å². The molecule has 0 radical (unpaired) electrons. The van der Waals surface area contributed by atoms with Crippen molar-refractivity contribution in [1.29, 1.82) is 0 Å². The molecule has 1 unspecified atom stereocenters. The molecule has 0 spiro atoms. The number of nitrogens with zero attached hydrogens (tertiary/aromatic N) is 1. The summed E-state index contributed by atoms with van der Waals surface area (Å²) in [6, 6.07) is 8.41. The van der Waals surface area contributed by atoms with Crippen molar-refractivity contribution in [2.75, 3.05) is 18.0 Å². The van der Waals surface area contributed by atoms with E-state index in [9.17, 15) is 9.59 Å². The molecule has 1 aromatic rings. The van der Waals surface area contributed by atoms with Crippen molar-refractivity contribution in [3.63, 3.8) is 0 Å². The maximum absolute atomic E-state index is 12.3. The molecule has 21 heavy (non-hydrogen) atoms. The van der Waals surface area contributed by atoms with Crippen molar-refractivity contribution in [1.82, 2.24) is 5.32 Å². The van der Waals surface area contributed by atoms with Crippen molar-refractivity contribution in [3.05, 3.63) is 30.3 Å². The quantitative estimate of drug-likeness (QED) is 0.876. The molecule has 0 saturated heterocycles. The number of carboxylic acids is 1. The summed E-state index contributed by atoms with van der Waals surface area (Å²) in [4.78, 5) is 24.5. The van der Waals surface area contributed by atoms with E-state index in [-0.39, 0.29) is 23.9 Å². The van der Waals surface area contributed by atoms with E-state index < -0.39 is 5.97 Å². The van der Waals surface area contributed by atoms with Crippen LogP contribution < -0.4 is 10.2 Å². The topological polar surface area (TPSA) is 69.6 Å². The Morgan fingerprint density at radius 1 is 1.24 bits per heavy atom. The van der Waals surface area contributed by atoms with Crippen LogP contribution in [-0.2, 0) is 4.79 Å². The predicted molar refractivity (Wildman–Crippen MR) is 83.4 cm³/mol. The normalized spacial score (nSPS) is 12.6. The molecule has 0 bridgehead atoms. The Bertz CT molecular complexity index is 480. The van der Waals surface area contributed by atoms with Gasteiger partial charge in [0, 0.05) is 12.2 Å². The maximum Gasteiger partial charge on any atom is 0.323 e. The lowest BCUT2D eigenvalue weighted by atomic mass is 9.82. The Labute approximate surface area is 126 Å². The minimum atomic E-state index is -1.04. The predicted octanol–water partition coefficient (Wildman–Crippen LogP) is 2.97. The number of amides is 2. The Morgan fingerprint density at radius 3 is 2.29 bits per heavy atom. The molecule has 1 aromatic carbocycles. The van der Waals surface area contributed by atoms with Crippen molar-refractivity contribution >= 4 is 17.7 Å². The van der Waals surface area contributed by atoms with Gasteiger partial charge in [-0.25, -0.2) is 4.79 Å². The number of carbonyl (C=O) groups is 2. The first-order valence-corrected chi connectivity index (χ1v) is 7.04. The average Bonchev–Trinajstić information content (AvgIpc) is 2.41. The van der Waals surface area contributed by atoms with Crippen molar-refractivity contribution < 1.29 is 14.7 Å². The molecule has 0 saturated carbocycles. The molecule has 0 aliphatic heterocycles. The third-order valence-corrected chi connectivity index (χ3v) is 3.64. The van der Waals surface area contributed by atoms with Gasteiger partial charge in [-0.2, -0.15) is 0 Å². The zero-order valence-corrected chi connectivity index (χ0v) is 13.1. The zero-order valence-electron chi connectivity index (χ0n) is 13.1. The van der Waals surface area contributed by atoms with Gasteiger partial charge < -0.3 is 10.4 Å². The molecule has 1 rings (SSSR count). The summed E-state index contributed by atoms with van der Waals surface area (Å²) in [6.45, 7) is 8.53. The van der Waals surface area contributed by atoms with E-state index in [0.29, 0.717) is 12.2 Å². The Kier molecular flexibility index (Phi) is 5.76. The smallest absolute Gasteiger partial charge is 0.323 e. The number of carboxylic acid groups (broad SMARTS) is 1. The van der Waals surface area contributed by atoms with Gasteiger partial charge in [-0.05, 0) is 23.5 Å². The van der Waals surface area contributed by atoms with E-state index >= 15 is 0 Å². The van der Waals surface area contributed by atoms with Crippen LogP contribution in [0.1, 0.15) is 27.7 Å². The number of hydrogen-bond acceptors (Lipinski definition) is 2. The summed E-state index contributed by atoms with van der Waals surface area (Å²) in [5.74, 6) is -0.762. The van der Waals surface area contributed by atoms with Crippen LogP contribution in [0.3, 0.4) is 0 Å². The van der Waals surface area contributed by atoms with Gasteiger partial charge in [-0.3, -0.25) is 9.69 Å². The minimum Gasteiger partial charge on any atom is -0.480 e. The summed E-state index contributed by atoms with van der Waals surface area (Å²) in [6.07, 6.45) is 0. The van der Waals surface area contributed by atoms with Crippen LogP contribution in [0.4, 0.5) is 10.5 Å². The molecule has 116 valence electrons. The van der Waals surface area contributed by atoms with E-state index in [1.165, 1.54) is 4.90 Å². The summed E-state index contributed by atoms with van der Waals surface area (Å²) in [7, 11) is 0. The number of nitrogens with one attached hydrogen (secondary N) is 1. The molecule has 2 amide bonds. The van der Waals surface area contributed by atoms with E-state index in [4.69, 9.17) is 5.11 Å². The lowest BCUT2D eigenvalue weighted by Crippen LogP contribution is -2.45. The average molecular weight is 292 g/mol. The molecule has 0 aliphatic rings. The molecular formula is C16H24N2O3. The summed E-state index contributed by atoms with van der Waals surface area (Å²) < 4.78 is 0. The molecule has 5 nitrogen and oxygen atoms in total. The largest absolute Gasteiger partial charge is 0.480 e. The fourth-order valence-corrected chi connectivity index (χ4v) is 1.67. The number of rotatable bonds is 5. The second-order valence-electron chi connectivity index (χ2n) is 6.27. The third kappa shape index (κ3) is 5.45. The second-order valence-corrected chi connectivity index (χ2v) is 6.27. The standard InChI is InChI=1S/C16H24N2O3/c1-12(16(2,3)4)10-17-15(21)18(11-14(19)20)13-8-6-5-7-9-13/h5-9,12H,10-11H2,1-4H3,(H,17,21)(H,19,20). The molecule has 2 N–H and O–H groups in total. The Balaban J connectivity index is 2.76. The maximum atomic E-state index is 12.3. The number of urea groups is 1. The van der Waals surface area contributed by atoms with Crippen LogP contribution in [-0.4, -0.2) is 30.2 Å². The molecule has 1 atom stereocenters. The first-order valence-electron chi connectivity index (χ1n) is 7.04. The number of para-hydroxylation sites is 1. The van der Waals surface area contributed by atoms with Gasteiger partial charge in [0.05, 0.1) is 0 Å². The van der Waals surface area contributed by atoms with Crippen LogP contribution in [0.15, 0.2) is 30.3 Å². The highest BCUT2D eigenvalue weighted by Gasteiger charge is 2.23. The third-order valence-electron chi connectivity index (χ3n) is 3.64. The van der Waals surface area contributed by atoms with Crippen molar-refractivity contribution in [3.8, 4) is 0 Å². The van der Waals surface area contributed by atoms with Gasteiger partial charge in [0.1, 0.15) is 6.54 Å². The Hall–Kier alpha value is -2.04. The summed E-state index contributed by atoms with van der Waals surface area (Å²) in [5, 5.41) is 11.8. The first kappa shape index (κ1) is 17.0. The highest BCUT2D eigenvalue weighted by molar-refractivity contribution is 5.96. The van der Waals surface area contributed by atoms with Gasteiger partial charge >= 0.3 is 12.0 Å². The van der Waals surface area contributed by atoms with Crippen molar-refractivity contribution in [2.45, 2.75) is 27.7 Å². The first-order chi connectivity index (χ1) is 9.71. The van der Waals surface area contributed by atoms with Crippen LogP contribution in [0.2, 0.25) is 0 Å². The van der Waals surface area contributed by atoms with Gasteiger partial charge in [0.2, 0.25) is 0 Å².